The van der Waals surface area contributed by atoms with Gasteiger partial charge in [0, 0.05) is 6.42 Å². The van der Waals surface area contributed by atoms with E-state index < -0.39 is 20.0 Å². The predicted octanol–water partition coefficient (Wildman–Crippen LogP) is 16.1. The molecule has 0 aliphatic carbocycles. The molecule has 0 aliphatic rings. The first-order chi connectivity index (χ1) is 32.5. The first-order valence-electron chi connectivity index (χ1n) is 27.8. The number of nitrogens with zero attached hydrogens (tertiary/aromatic N) is 1. The molecule has 0 aromatic rings. The van der Waals surface area contributed by atoms with Gasteiger partial charge in [-0.3, -0.25) is 9.36 Å². The van der Waals surface area contributed by atoms with Crippen LogP contribution in [0, 0.1) is 0 Å². The number of carbonyl (C=O) groups excluding carboxylic acids is 1. The maximum atomic E-state index is 13.0. The number of likely N-dealkylation sites (N-methyl/N-ethyl adjacent to an activating group) is 1. The van der Waals surface area contributed by atoms with Crippen molar-refractivity contribution in [1.29, 1.82) is 0 Å². The molecule has 67 heavy (non-hydrogen) atoms. The second-order valence-corrected chi connectivity index (χ2v) is 21.3. The zero-order valence-electron chi connectivity index (χ0n) is 44.3. The summed E-state index contributed by atoms with van der Waals surface area (Å²) in [5.41, 5.74) is 0. The lowest BCUT2D eigenvalue weighted by Gasteiger charge is -2.30. The lowest BCUT2D eigenvalue weighted by Crippen LogP contribution is -2.46. The van der Waals surface area contributed by atoms with E-state index in [1.165, 1.54) is 135 Å². The maximum Gasteiger partial charge on any atom is 0.268 e. The topological polar surface area (TPSA) is 108 Å². The Bertz CT molecular complexity index is 1320. The number of hydrogen-bond donors (Lipinski definition) is 2. The third kappa shape index (κ3) is 51.6. The van der Waals surface area contributed by atoms with Crippen LogP contribution in [-0.4, -0.2) is 68.5 Å². The van der Waals surface area contributed by atoms with E-state index in [-0.39, 0.29) is 19.1 Å². The fourth-order valence-electron chi connectivity index (χ4n) is 7.87. The van der Waals surface area contributed by atoms with E-state index in [2.05, 4.69) is 92.1 Å². The van der Waals surface area contributed by atoms with Crippen LogP contribution in [0.25, 0.3) is 0 Å². The number of aliphatic hydroxyl groups is 1. The van der Waals surface area contributed by atoms with Crippen molar-refractivity contribution < 1.29 is 32.9 Å². The van der Waals surface area contributed by atoms with E-state index in [9.17, 15) is 19.4 Å². The number of nitrogens with one attached hydrogen (secondary N) is 1. The second kappa shape index (κ2) is 48.9. The fraction of sp³-hybridized carbons (Fsp3) is 0.776. The Morgan fingerprint density at radius 2 is 0.910 bits per heavy atom. The molecule has 0 saturated carbocycles. The molecular weight excluding hydrogens is 852 g/mol. The van der Waals surface area contributed by atoms with Gasteiger partial charge in [-0.05, 0) is 64.2 Å². The van der Waals surface area contributed by atoms with Crippen molar-refractivity contribution in [2.45, 2.75) is 251 Å². The minimum atomic E-state index is -4.57. The van der Waals surface area contributed by atoms with Crippen LogP contribution in [-0.2, 0) is 18.4 Å². The molecular formula is C58H107N2O6P. The summed E-state index contributed by atoms with van der Waals surface area (Å²) < 4.78 is 23.4. The van der Waals surface area contributed by atoms with Gasteiger partial charge < -0.3 is 28.8 Å². The van der Waals surface area contributed by atoms with Crippen LogP contribution < -0.4 is 10.2 Å². The number of amides is 1. The maximum absolute atomic E-state index is 13.0. The Labute approximate surface area is 414 Å². The summed E-state index contributed by atoms with van der Waals surface area (Å²) in [6.45, 7) is 4.61. The highest BCUT2D eigenvalue weighted by molar-refractivity contribution is 7.45. The highest BCUT2D eigenvalue weighted by atomic mass is 31.2. The van der Waals surface area contributed by atoms with E-state index in [0.29, 0.717) is 23.9 Å². The number of unbranched alkanes of at least 4 members (excludes halogenated alkanes) is 25. The molecule has 3 atom stereocenters. The van der Waals surface area contributed by atoms with E-state index in [0.717, 1.165) is 77.0 Å². The van der Waals surface area contributed by atoms with Crippen molar-refractivity contribution in [3.63, 3.8) is 0 Å². The van der Waals surface area contributed by atoms with Crippen molar-refractivity contribution in [3.05, 3.63) is 72.9 Å². The van der Waals surface area contributed by atoms with Gasteiger partial charge in [0.15, 0.2) is 0 Å². The molecule has 0 fully saturated rings. The molecule has 0 spiro atoms. The highest BCUT2D eigenvalue weighted by Gasteiger charge is 2.24. The van der Waals surface area contributed by atoms with Crippen molar-refractivity contribution in [2.75, 3.05) is 40.9 Å². The molecule has 0 rings (SSSR count). The smallest absolute Gasteiger partial charge is 0.268 e. The number of carbonyl (C=O) groups is 1. The largest absolute Gasteiger partial charge is 0.756 e. The molecule has 2 N–H and O–H groups in total. The quantitative estimate of drug-likeness (QED) is 0.0272. The highest BCUT2D eigenvalue weighted by Crippen LogP contribution is 2.38. The van der Waals surface area contributed by atoms with Crippen LogP contribution in [0.1, 0.15) is 239 Å². The Kier molecular flexibility index (Phi) is 47.4. The normalized spacial score (nSPS) is 14.6. The number of quaternary nitrogens is 1. The fourth-order valence-corrected chi connectivity index (χ4v) is 8.59. The lowest BCUT2D eigenvalue weighted by molar-refractivity contribution is -0.870. The summed E-state index contributed by atoms with van der Waals surface area (Å²) in [5, 5.41) is 14.0. The molecule has 3 unspecified atom stereocenters. The summed E-state index contributed by atoms with van der Waals surface area (Å²) in [5.74, 6) is -0.169. The summed E-state index contributed by atoms with van der Waals surface area (Å²) >= 11 is 0. The van der Waals surface area contributed by atoms with Gasteiger partial charge in [0.25, 0.3) is 7.82 Å². The van der Waals surface area contributed by atoms with Gasteiger partial charge in [0.2, 0.25) is 5.91 Å². The number of phosphoric ester groups is 1. The van der Waals surface area contributed by atoms with Gasteiger partial charge >= 0.3 is 0 Å². The molecule has 9 heteroatoms. The molecule has 0 aromatic carbocycles. The minimum Gasteiger partial charge on any atom is -0.756 e. The van der Waals surface area contributed by atoms with Crippen LogP contribution in [0.15, 0.2) is 72.9 Å². The van der Waals surface area contributed by atoms with Crippen LogP contribution in [0.4, 0.5) is 0 Å². The molecule has 1 amide bonds. The van der Waals surface area contributed by atoms with Crippen molar-refractivity contribution in [3.8, 4) is 0 Å². The molecule has 8 nitrogen and oxygen atoms in total. The minimum absolute atomic E-state index is 0.00967. The Morgan fingerprint density at radius 3 is 1.33 bits per heavy atom. The van der Waals surface area contributed by atoms with Gasteiger partial charge in [-0.2, -0.15) is 0 Å². The number of hydrogen-bond acceptors (Lipinski definition) is 6. The van der Waals surface area contributed by atoms with Gasteiger partial charge in [0.05, 0.1) is 39.9 Å². The average molecular weight is 959 g/mol. The Hall–Kier alpha value is -2.06. The molecule has 0 radical (unpaired) electrons. The summed E-state index contributed by atoms with van der Waals surface area (Å²) in [7, 11) is 1.30. The van der Waals surface area contributed by atoms with Gasteiger partial charge in [-0.15, -0.1) is 0 Å². The van der Waals surface area contributed by atoms with E-state index in [1.807, 2.05) is 21.1 Å². The predicted molar refractivity (Wildman–Crippen MR) is 288 cm³/mol. The number of allylic oxidation sites excluding steroid dienone is 12. The first-order valence-corrected chi connectivity index (χ1v) is 29.2. The van der Waals surface area contributed by atoms with Crippen molar-refractivity contribution in [1.82, 2.24) is 5.32 Å². The van der Waals surface area contributed by atoms with E-state index >= 15 is 0 Å². The zero-order valence-corrected chi connectivity index (χ0v) is 45.2. The standard InChI is InChI=1S/C58H107N2O6P/c1-6-8-10-12-14-16-18-20-22-23-24-25-26-27-28-29-30-31-32-33-34-35-36-37-38-40-42-44-46-48-50-52-58(62)59-56(55-66-67(63,64)65-54-53-60(3,4)5)57(61)51-49-47-45-43-41-39-21-19-17-15-13-11-9-7-2/h8,10,14,16,20,22,24-25,27-28,30-31,56-57,61H,6-7,9,11-13,15,17-19,21,23,26,29,32-55H2,1-5H3,(H-,59,62,63,64)/b10-8-,16-14-,22-20-,25-24-,28-27-,31-30-. The van der Waals surface area contributed by atoms with Gasteiger partial charge in [-0.25, -0.2) is 0 Å². The summed E-state index contributed by atoms with van der Waals surface area (Å²) in [4.78, 5) is 25.5. The molecule has 390 valence electrons. The van der Waals surface area contributed by atoms with Gasteiger partial charge in [-0.1, -0.05) is 241 Å². The van der Waals surface area contributed by atoms with Crippen molar-refractivity contribution in [2.24, 2.45) is 0 Å². The first kappa shape index (κ1) is 64.9. The van der Waals surface area contributed by atoms with E-state index in [1.54, 1.807) is 0 Å². The molecule has 0 aliphatic heterocycles. The zero-order chi connectivity index (χ0) is 49.2. The molecule has 0 bridgehead atoms. The average Bonchev–Trinajstić information content (AvgIpc) is 3.29. The van der Waals surface area contributed by atoms with Crippen LogP contribution in [0.2, 0.25) is 0 Å². The third-order valence-corrected chi connectivity index (χ3v) is 13.2. The summed E-state index contributed by atoms with van der Waals surface area (Å²) in [6, 6.07) is -0.804. The molecule has 0 aromatic heterocycles. The summed E-state index contributed by atoms with van der Waals surface area (Å²) in [6.07, 6.45) is 66.4. The van der Waals surface area contributed by atoms with Crippen LogP contribution in [0.3, 0.4) is 0 Å². The number of aliphatic hydroxyl groups excluding tert-OH is 1. The van der Waals surface area contributed by atoms with Gasteiger partial charge in [0.1, 0.15) is 13.2 Å². The lowest BCUT2D eigenvalue weighted by atomic mass is 10.0. The number of phosphoric acid groups is 1. The third-order valence-electron chi connectivity index (χ3n) is 12.2. The second-order valence-electron chi connectivity index (χ2n) is 19.9. The Balaban J connectivity index is 4.12. The van der Waals surface area contributed by atoms with E-state index in [4.69, 9.17) is 9.05 Å². The number of rotatable bonds is 50. The SMILES string of the molecule is CC/C=C\C/C=C\C/C=C\C/C=C\C/C=C\C/C=C\CCCCCCCCCCCCCCC(=O)NC(COP(=O)([O-])OCC[N+](C)(C)C)C(O)CCCCCCCCCCCCCCCC. The van der Waals surface area contributed by atoms with Crippen LogP contribution >= 0.6 is 7.82 Å². The van der Waals surface area contributed by atoms with Crippen LogP contribution in [0.5, 0.6) is 0 Å². The molecule has 0 saturated heterocycles. The van der Waals surface area contributed by atoms with Crippen molar-refractivity contribution >= 4 is 13.7 Å². The molecule has 0 heterocycles. The Morgan fingerprint density at radius 1 is 0.537 bits per heavy atom. The monoisotopic (exact) mass is 959 g/mol.